The molecule has 2 unspecified atom stereocenters. The van der Waals surface area contributed by atoms with Crippen molar-refractivity contribution in [3.8, 4) is 11.8 Å². The van der Waals surface area contributed by atoms with Crippen molar-refractivity contribution in [3.05, 3.63) is 35.4 Å². The predicted octanol–water partition coefficient (Wildman–Crippen LogP) is 1.26. The molecule has 1 aliphatic rings. The maximum Gasteiger partial charge on any atom is 0.255 e. The largest absolute Gasteiger partial charge is 0.395 e. The molecule has 112 valence electrons. The average Bonchev–Trinajstić information content (AvgIpc) is 2.97. The highest BCUT2D eigenvalue weighted by Crippen LogP contribution is 2.22. The van der Waals surface area contributed by atoms with Crippen LogP contribution in [0.4, 0.5) is 0 Å². The first kappa shape index (κ1) is 15.6. The van der Waals surface area contributed by atoms with Gasteiger partial charge in [-0.25, -0.2) is 0 Å². The van der Waals surface area contributed by atoms with Crippen LogP contribution in [0.5, 0.6) is 0 Å². The standard InChI is InChI=1S/C17H21NO3/c1-13(20)15-9-10-18(12-15)17(21)16-8-3-2-6-14(16)7-4-5-11-19/h2-3,6,8,13,15,19-20H,5,9-12H2,1H3. The summed E-state index contributed by atoms with van der Waals surface area (Å²) in [5.74, 6) is 5.92. The first-order valence-electron chi connectivity index (χ1n) is 7.29. The summed E-state index contributed by atoms with van der Waals surface area (Å²) in [6.45, 7) is 3.06. The second kappa shape index (κ2) is 7.26. The lowest BCUT2D eigenvalue weighted by molar-refractivity contribution is 0.0762. The second-order valence-electron chi connectivity index (χ2n) is 5.36. The third kappa shape index (κ3) is 3.84. The summed E-state index contributed by atoms with van der Waals surface area (Å²) in [6.07, 6.45) is 0.848. The Morgan fingerprint density at radius 2 is 2.24 bits per heavy atom. The SMILES string of the molecule is CC(O)C1CCN(C(=O)c2ccccc2C#CCCO)C1. The molecule has 4 nitrogen and oxygen atoms in total. The molecule has 1 saturated heterocycles. The van der Waals surface area contributed by atoms with Gasteiger partial charge in [0.1, 0.15) is 0 Å². The first-order valence-corrected chi connectivity index (χ1v) is 7.29. The number of rotatable bonds is 3. The molecule has 0 bridgehead atoms. The third-order valence-corrected chi connectivity index (χ3v) is 3.81. The van der Waals surface area contributed by atoms with Gasteiger partial charge in [-0.1, -0.05) is 24.0 Å². The zero-order chi connectivity index (χ0) is 15.2. The van der Waals surface area contributed by atoms with Crippen molar-refractivity contribution in [2.24, 2.45) is 5.92 Å². The van der Waals surface area contributed by atoms with Crippen molar-refractivity contribution in [3.63, 3.8) is 0 Å². The fourth-order valence-corrected chi connectivity index (χ4v) is 2.53. The summed E-state index contributed by atoms with van der Waals surface area (Å²) in [4.78, 5) is 14.4. The van der Waals surface area contributed by atoms with Gasteiger partial charge in [-0.2, -0.15) is 0 Å². The Bertz CT molecular complexity index is 557. The van der Waals surface area contributed by atoms with E-state index in [0.717, 1.165) is 6.42 Å². The molecule has 21 heavy (non-hydrogen) atoms. The molecule has 2 rings (SSSR count). The second-order valence-corrected chi connectivity index (χ2v) is 5.36. The fraction of sp³-hybridized carbons (Fsp3) is 0.471. The minimum atomic E-state index is -0.387. The van der Waals surface area contributed by atoms with Gasteiger partial charge in [-0.15, -0.1) is 0 Å². The molecule has 1 aromatic carbocycles. The van der Waals surface area contributed by atoms with Crippen LogP contribution in [0.2, 0.25) is 0 Å². The van der Waals surface area contributed by atoms with Crippen LogP contribution in [0.3, 0.4) is 0 Å². The molecule has 0 aliphatic carbocycles. The van der Waals surface area contributed by atoms with Crippen molar-refractivity contribution < 1.29 is 15.0 Å². The van der Waals surface area contributed by atoms with E-state index in [2.05, 4.69) is 11.8 Å². The van der Waals surface area contributed by atoms with Crippen molar-refractivity contribution >= 4 is 5.91 Å². The van der Waals surface area contributed by atoms with E-state index in [-0.39, 0.29) is 24.5 Å². The highest BCUT2D eigenvalue weighted by Gasteiger charge is 2.30. The summed E-state index contributed by atoms with van der Waals surface area (Å²) in [5.41, 5.74) is 1.28. The van der Waals surface area contributed by atoms with E-state index in [9.17, 15) is 9.90 Å². The Labute approximate surface area is 125 Å². The Hall–Kier alpha value is -1.83. The van der Waals surface area contributed by atoms with Gasteiger partial charge >= 0.3 is 0 Å². The van der Waals surface area contributed by atoms with Crippen LogP contribution >= 0.6 is 0 Å². The normalized spacial score (nSPS) is 19.0. The van der Waals surface area contributed by atoms with Gasteiger partial charge in [0.25, 0.3) is 5.91 Å². The number of aliphatic hydroxyl groups excluding tert-OH is 2. The first-order chi connectivity index (χ1) is 10.1. The molecule has 0 aromatic heterocycles. The highest BCUT2D eigenvalue weighted by molar-refractivity contribution is 5.96. The number of hydrogen-bond acceptors (Lipinski definition) is 3. The molecule has 2 N–H and O–H groups in total. The number of aliphatic hydroxyl groups is 2. The summed E-state index contributed by atoms with van der Waals surface area (Å²) in [5, 5.41) is 18.4. The number of amides is 1. The van der Waals surface area contributed by atoms with Gasteiger partial charge in [0.15, 0.2) is 0 Å². The van der Waals surface area contributed by atoms with E-state index in [1.54, 1.807) is 17.9 Å². The molecule has 1 heterocycles. The third-order valence-electron chi connectivity index (χ3n) is 3.81. The smallest absolute Gasteiger partial charge is 0.255 e. The lowest BCUT2D eigenvalue weighted by atomic mass is 10.0. The van der Waals surface area contributed by atoms with Crippen molar-refractivity contribution in [2.45, 2.75) is 25.9 Å². The summed E-state index contributed by atoms with van der Waals surface area (Å²) in [7, 11) is 0. The Morgan fingerprint density at radius 3 is 2.90 bits per heavy atom. The topological polar surface area (TPSA) is 60.8 Å². The number of carbonyl (C=O) groups excluding carboxylic acids is 1. The maximum atomic E-state index is 12.6. The van der Waals surface area contributed by atoms with E-state index < -0.39 is 0 Å². The monoisotopic (exact) mass is 287 g/mol. The number of hydrogen-bond donors (Lipinski definition) is 2. The van der Waals surface area contributed by atoms with Gasteiger partial charge in [0.2, 0.25) is 0 Å². The Balaban J connectivity index is 2.15. The molecule has 4 heteroatoms. The summed E-state index contributed by atoms with van der Waals surface area (Å²) < 4.78 is 0. The van der Waals surface area contributed by atoms with Crippen molar-refractivity contribution in [1.82, 2.24) is 4.90 Å². The summed E-state index contributed by atoms with van der Waals surface area (Å²) >= 11 is 0. The molecule has 2 atom stereocenters. The van der Waals surface area contributed by atoms with E-state index in [1.165, 1.54) is 0 Å². The molecule has 0 spiro atoms. The van der Waals surface area contributed by atoms with Crippen LogP contribution in [0.15, 0.2) is 24.3 Å². The van der Waals surface area contributed by atoms with E-state index in [1.807, 2.05) is 18.2 Å². The van der Waals surface area contributed by atoms with E-state index in [4.69, 9.17) is 5.11 Å². The summed E-state index contributed by atoms with van der Waals surface area (Å²) in [6, 6.07) is 7.27. The number of carbonyl (C=O) groups is 1. The van der Waals surface area contributed by atoms with Gasteiger partial charge in [0.05, 0.1) is 18.3 Å². The van der Waals surface area contributed by atoms with Crippen LogP contribution in [-0.4, -0.2) is 46.8 Å². The maximum absolute atomic E-state index is 12.6. The number of benzene rings is 1. The fourth-order valence-electron chi connectivity index (χ4n) is 2.53. The van der Waals surface area contributed by atoms with Crippen molar-refractivity contribution in [2.75, 3.05) is 19.7 Å². The minimum absolute atomic E-state index is 0.0192. The minimum Gasteiger partial charge on any atom is -0.395 e. The quantitative estimate of drug-likeness (QED) is 0.823. The van der Waals surface area contributed by atoms with Gasteiger partial charge in [-0.05, 0) is 25.5 Å². The Kier molecular flexibility index (Phi) is 5.38. The molecule has 1 fully saturated rings. The van der Waals surface area contributed by atoms with E-state index >= 15 is 0 Å². The number of nitrogens with zero attached hydrogens (tertiary/aromatic N) is 1. The van der Waals surface area contributed by atoms with Gasteiger partial charge in [-0.3, -0.25) is 4.79 Å². The molecule has 1 amide bonds. The van der Waals surface area contributed by atoms with Gasteiger partial charge in [0, 0.05) is 31.0 Å². The van der Waals surface area contributed by atoms with Crippen molar-refractivity contribution in [1.29, 1.82) is 0 Å². The molecule has 1 aromatic rings. The highest BCUT2D eigenvalue weighted by atomic mass is 16.3. The lowest BCUT2D eigenvalue weighted by Gasteiger charge is -2.18. The molecule has 0 saturated carbocycles. The molecule has 1 aliphatic heterocycles. The van der Waals surface area contributed by atoms with E-state index in [0.29, 0.717) is 30.6 Å². The van der Waals surface area contributed by atoms with Crippen LogP contribution in [0, 0.1) is 17.8 Å². The van der Waals surface area contributed by atoms with Crippen LogP contribution in [0.1, 0.15) is 35.7 Å². The van der Waals surface area contributed by atoms with Crippen LogP contribution in [-0.2, 0) is 0 Å². The van der Waals surface area contributed by atoms with Crippen LogP contribution < -0.4 is 0 Å². The lowest BCUT2D eigenvalue weighted by Crippen LogP contribution is -2.30. The zero-order valence-corrected chi connectivity index (χ0v) is 12.2. The number of likely N-dealkylation sites (tertiary alicyclic amines) is 1. The average molecular weight is 287 g/mol. The zero-order valence-electron chi connectivity index (χ0n) is 12.2. The van der Waals surface area contributed by atoms with Crippen LogP contribution in [0.25, 0.3) is 0 Å². The van der Waals surface area contributed by atoms with Gasteiger partial charge < -0.3 is 15.1 Å². The molecular weight excluding hydrogens is 266 g/mol. The molecule has 0 radical (unpaired) electrons. The molecular formula is C17H21NO3. The predicted molar refractivity (Wildman–Crippen MR) is 80.7 cm³/mol. The Morgan fingerprint density at radius 1 is 1.48 bits per heavy atom.